The van der Waals surface area contributed by atoms with E-state index < -0.39 is 0 Å². The normalized spacial score (nSPS) is 34.9. The van der Waals surface area contributed by atoms with Crippen molar-refractivity contribution < 1.29 is 9.90 Å². The van der Waals surface area contributed by atoms with Crippen molar-refractivity contribution in [3.8, 4) is 5.75 Å². The highest BCUT2D eigenvalue weighted by molar-refractivity contribution is 5.84. The number of hydrogen-bond donors (Lipinski definition) is 1. The minimum atomic E-state index is -0.135. The number of rotatable bonds is 2. The van der Waals surface area contributed by atoms with E-state index >= 15 is 0 Å². The molecule has 3 rings (SSSR count). The molecule has 2 heteroatoms. The monoisotopic (exact) mass is 286 g/mol. The molecule has 4 unspecified atom stereocenters. The van der Waals surface area contributed by atoms with E-state index in [-0.39, 0.29) is 5.41 Å². The quantitative estimate of drug-likeness (QED) is 0.872. The average Bonchev–Trinajstić information content (AvgIpc) is 2.49. The number of phenolic OH excluding ortho intramolecular Hbond substituents is 1. The summed E-state index contributed by atoms with van der Waals surface area (Å²) in [7, 11) is 0. The van der Waals surface area contributed by atoms with E-state index in [9.17, 15) is 9.90 Å². The smallest absolute Gasteiger partial charge is 0.138 e. The fourth-order valence-corrected chi connectivity index (χ4v) is 4.85. The molecule has 0 aliphatic heterocycles. The van der Waals surface area contributed by atoms with Gasteiger partial charge in [-0.25, -0.2) is 0 Å². The van der Waals surface area contributed by atoms with Crippen molar-refractivity contribution in [2.24, 2.45) is 17.3 Å². The molecule has 0 bridgehead atoms. The summed E-state index contributed by atoms with van der Waals surface area (Å²) in [6.45, 7) is 6.47. The molecule has 1 N–H and O–H groups in total. The number of carbonyl (C=O) groups excluding carboxylic acids is 1. The maximum atomic E-state index is 12.4. The van der Waals surface area contributed by atoms with E-state index in [2.05, 4.69) is 19.9 Å². The zero-order chi connectivity index (χ0) is 15.2. The Morgan fingerprint density at radius 3 is 2.86 bits per heavy atom. The standard InChI is InChI=1S/C19H26O2/c1-4-18(21)19(3)10-9-17-15(12(19)2)7-5-13-11-14(20)6-8-16(13)17/h6,8,11-12,15,17,20H,4-5,7,9-10H2,1-3H3. The number of phenols is 1. The third-order valence-corrected chi connectivity index (χ3v) is 6.37. The zero-order valence-corrected chi connectivity index (χ0v) is 13.4. The van der Waals surface area contributed by atoms with Gasteiger partial charge in [0.1, 0.15) is 11.5 Å². The highest BCUT2D eigenvalue weighted by atomic mass is 16.3. The van der Waals surface area contributed by atoms with Crippen molar-refractivity contribution in [1.29, 1.82) is 0 Å². The molecule has 0 saturated heterocycles. The molecule has 0 heterocycles. The second kappa shape index (κ2) is 5.15. The molecular formula is C19H26O2. The van der Waals surface area contributed by atoms with Crippen LogP contribution in [0.2, 0.25) is 0 Å². The van der Waals surface area contributed by atoms with Gasteiger partial charge in [-0.1, -0.05) is 26.8 Å². The fraction of sp³-hybridized carbons (Fsp3) is 0.632. The van der Waals surface area contributed by atoms with Gasteiger partial charge in [-0.15, -0.1) is 0 Å². The molecule has 0 radical (unpaired) electrons. The van der Waals surface area contributed by atoms with Gasteiger partial charge in [-0.3, -0.25) is 4.79 Å². The molecule has 2 aliphatic rings. The molecule has 21 heavy (non-hydrogen) atoms. The molecule has 0 aromatic heterocycles. The zero-order valence-electron chi connectivity index (χ0n) is 13.4. The maximum absolute atomic E-state index is 12.4. The van der Waals surface area contributed by atoms with Crippen LogP contribution in [0.3, 0.4) is 0 Å². The molecular weight excluding hydrogens is 260 g/mol. The first-order valence-corrected chi connectivity index (χ1v) is 8.32. The van der Waals surface area contributed by atoms with Gasteiger partial charge in [0.25, 0.3) is 0 Å². The number of aryl methyl sites for hydroxylation is 1. The Bertz CT molecular complexity index is 563. The van der Waals surface area contributed by atoms with Gasteiger partial charge in [0.2, 0.25) is 0 Å². The number of carbonyl (C=O) groups is 1. The van der Waals surface area contributed by atoms with Crippen molar-refractivity contribution in [3.05, 3.63) is 29.3 Å². The van der Waals surface area contributed by atoms with Crippen molar-refractivity contribution in [2.75, 3.05) is 0 Å². The number of Topliss-reactive ketones (excluding diaryl/α,β-unsaturated/α-hetero) is 1. The highest BCUT2D eigenvalue weighted by Crippen LogP contribution is 2.55. The number of aromatic hydroxyl groups is 1. The van der Waals surface area contributed by atoms with E-state index in [1.807, 2.05) is 19.1 Å². The van der Waals surface area contributed by atoms with Crippen LogP contribution >= 0.6 is 0 Å². The predicted octanol–water partition coefficient (Wildman–Crippen LogP) is 4.45. The topological polar surface area (TPSA) is 37.3 Å². The van der Waals surface area contributed by atoms with E-state index in [4.69, 9.17) is 0 Å². The van der Waals surface area contributed by atoms with Crippen LogP contribution in [0.5, 0.6) is 5.75 Å². The molecule has 2 aliphatic carbocycles. The Balaban J connectivity index is 1.93. The van der Waals surface area contributed by atoms with Gasteiger partial charge in [-0.2, -0.15) is 0 Å². The summed E-state index contributed by atoms with van der Waals surface area (Å²) in [6.07, 6.45) is 4.94. The molecule has 1 aromatic rings. The number of fused-ring (bicyclic) bond motifs is 3. The summed E-state index contributed by atoms with van der Waals surface area (Å²) >= 11 is 0. The third kappa shape index (κ3) is 2.20. The van der Waals surface area contributed by atoms with Crippen LogP contribution in [0, 0.1) is 17.3 Å². The molecule has 2 nitrogen and oxygen atoms in total. The Hall–Kier alpha value is -1.31. The molecule has 114 valence electrons. The van der Waals surface area contributed by atoms with Crippen LogP contribution in [0.4, 0.5) is 0 Å². The van der Waals surface area contributed by atoms with Crippen LogP contribution in [-0.4, -0.2) is 10.9 Å². The lowest BCUT2D eigenvalue weighted by molar-refractivity contribution is -0.134. The summed E-state index contributed by atoms with van der Waals surface area (Å²) in [5.41, 5.74) is 2.60. The van der Waals surface area contributed by atoms with E-state index in [0.717, 1.165) is 25.7 Å². The minimum Gasteiger partial charge on any atom is -0.508 e. The first-order valence-electron chi connectivity index (χ1n) is 8.32. The molecule has 0 spiro atoms. The Kier molecular flexibility index (Phi) is 3.59. The largest absolute Gasteiger partial charge is 0.508 e. The molecule has 1 saturated carbocycles. The number of benzene rings is 1. The summed E-state index contributed by atoms with van der Waals surface area (Å²) < 4.78 is 0. The SMILES string of the molecule is CCC(=O)C1(C)CCC2c3ccc(O)cc3CCC2C1C. The van der Waals surface area contributed by atoms with Crippen LogP contribution in [-0.2, 0) is 11.2 Å². The minimum absolute atomic E-state index is 0.135. The number of hydrogen-bond acceptors (Lipinski definition) is 2. The molecule has 1 fully saturated rings. The summed E-state index contributed by atoms with van der Waals surface area (Å²) in [6, 6.07) is 5.86. The Morgan fingerprint density at radius 1 is 1.38 bits per heavy atom. The molecule has 1 aromatic carbocycles. The first kappa shape index (κ1) is 14.6. The summed E-state index contributed by atoms with van der Waals surface area (Å²) in [4.78, 5) is 12.4. The lowest BCUT2D eigenvalue weighted by atomic mass is 9.54. The van der Waals surface area contributed by atoms with Crippen LogP contribution in [0.15, 0.2) is 18.2 Å². The van der Waals surface area contributed by atoms with E-state index in [1.54, 1.807) is 0 Å². The third-order valence-electron chi connectivity index (χ3n) is 6.37. The van der Waals surface area contributed by atoms with Crippen molar-refractivity contribution in [2.45, 2.75) is 58.8 Å². The van der Waals surface area contributed by atoms with Crippen molar-refractivity contribution in [3.63, 3.8) is 0 Å². The van der Waals surface area contributed by atoms with Crippen LogP contribution in [0.1, 0.15) is 63.5 Å². The predicted molar refractivity (Wildman–Crippen MR) is 84.5 cm³/mol. The van der Waals surface area contributed by atoms with Gasteiger partial charge in [0, 0.05) is 11.8 Å². The Labute approximate surface area is 127 Å². The van der Waals surface area contributed by atoms with E-state index in [0.29, 0.717) is 35.7 Å². The second-order valence-electron chi connectivity index (χ2n) is 7.21. The first-order chi connectivity index (χ1) is 9.97. The average molecular weight is 286 g/mol. The maximum Gasteiger partial charge on any atom is 0.138 e. The summed E-state index contributed by atoms with van der Waals surface area (Å²) in [5.74, 6) is 2.44. The summed E-state index contributed by atoms with van der Waals surface area (Å²) in [5, 5.41) is 9.68. The fourth-order valence-electron chi connectivity index (χ4n) is 4.85. The molecule has 0 amide bonds. The Morgan fingerprint density at radius 2 is 2.14 bits per heavy atom. The van der Waals surface area contributed by atoms with Gasteiger partial charge >= 0.3 is 0 Å². The van der Waals surface area contributed by atoms with Crippen LogP contribution < -0.4 is 0 Å². The lowest BCUT2D eigenvalue weighted by Crippen LogP contribution is -2.45. The van der Waals surface area contributed by atoms with Gasteiger partial charge in [0.15, 0.2) is 0 Å². The second-order valence-corrected chi connectivity index (χ2v) is 7.21. The van der Waals surface area contributed by atoms with Gasteiger partial charge in [-0.05, 0) is 66.7 Å². The lowest BCUT2D eigenvalue weighted by Gasteiger charge is -2.50. The van der Waals surface area contributed by atoms with Gasteiger partial charge in [0.05, 0.1) is 0 Å². The molecule has 4 atom stereocenters. The van der Waals surface area contributed by atoms with E-state index in [1.165, 1.54) is 11.1 Å². The van der Waals surface area contributed by atoms with Crippen molar-refractivity contribution >= 4 is 5.78 Å². The van der Waals surface area contributed by atoms with Gasteiger partial charge < -0.3 is 5.11 Å². The number of ketones is 1. The van der Waals surface area contributed by atoms with Crippen LogP contribution in [0.25, 0.3) is 0 Å². The van der Waals surface area contributed by atoms with Crippen molar-refractivity contribution in [1.82, 2.24) is 0 Å². The highest BCUT2D eigenvalue weighted by Gasteiger charge is 2.48.